The zero-order chi connectivity index (χ0) is 15.4. The molecule has 0 aromatic heterocycles. The Labute approximate surface area is 125 Å². The van der Waals surface area contributed by atoms with Crippen molar-refractivity contribution in [2.75, 3.05) is 18.1 Å². The lowest BCUT2D eigenvalue weighted by molar-refractivity contribution is 0.0964. The summed E-state index contributed by atoms with van der Waals surface area (Å²) in [5.74, 6) is 0.334. The molecule has 0 fully saturated rings. The lowest BCUT2D eigenvalue weighted by Gasteiger charge is -2.13. The van der Waals surface area contributed by atoms with Crippen LogP contribution in [0.1, 0.15) is 35.7 Å². The maximum Gasteiger partial charge on any atom is 0.253 e. The van der Waals surface area contributed by atoms with Crippen molar-refractivity contribution < 1.29 is 4.79 Å². The molecule has 0 radical (unpaired) electrons. The Morgan fingerprint density at radius 1 is 1.10 bits per heavy atom. The lowest BCUT2D eigenvalue weighted by atomic mass is 10.0. The van der Waals surface area contributed by atoms with Crippen molar-refractivity contribution in [1.29, 1.82) is 0 Å². The Bertz CT molecular complexity index is 633. The molecule has 0 spiro atoms. The number of nitrogens with one attached hydrogen (secondary N) is 2. The van der Waals surface area contributed by atoms with Gasteiger partial charge in [-0.2, -0.15) is 0 Å². The number of amides is 1. The predicted octanol–water partition coefficient (Wildman–Crippen LogP) is 3.50. The van der Waals surface area contributed by atoms with Gasteiger partial charge in [0, 0.05) is 18.4 Å². The van der Waals surface area contributed by atoms with Gasteiger partial charge in [-0.1, -0.05) is 26.0 Å². The third-order valence-corrected chi connectivity index (χ3v) is 3.37. The van der Waals surface area contributed by atoms with Crippen molar-refractivity contribution in [3.8, 4) is 0 Å². The fourth-order valence-electron chi connectivity index (χ4n) is 2.10. The molecule has 4 N–H and O–H groups in total. The summed E-state index contributed by atoms with van der Waals surface area (Å²) >= 11 is 0. The van der Waals surface area contributed by atoms with Gasteiger partial charge in [-0.25, -0.2) is 0 Å². The highest BCUT2D eigenvalue weighted by molar-refractivity contribution is 6.01. The van der Waals surface area contributed by atoms with E-state index >= 15 is 0 Å². The van der Waals surface area contributed by atoms with Gasteiger partial charge in [0.25, 0.3) is 5.91 Å². The Balaban J connectivity index is 2.28. The van der Waals surface area contributed by atoms with E-state index in [1.165, 1.54) is 5.56 Å². The van der Waals surface area contributed by atoms with Crippen LogP contribution in [0.3, 0.4) is 0 Å². The zero-order valence-corrected chi connectivity index (χ0v) is 12.6. The number of rotatable bonds is 4. The first-order valence-corrected chi connectivity index (χ1v) is 7.00. The number of anilines is 3. The number of benzene rings is 2. The molecule has 4 heteroatoms. The standard InChI is InChI=1S/C17H21N3O/c1-11(2)12-4-7-14(8-5-12)20-16-9-6-13(18)10-15(16)17(21)19-3/h4-11,20H,18H2,1-3H3,(H,19,21). The monoisotopic (exact) mass is 283 g/mol. The smallest absolute Gasteiger partial charge is 0.253 e. The molecule has 0 aliphatic carbocycles. The van der Waals surface area contributed by atoms with Gasteiger partial charge < -0.3 is 16.4 Å². The molecule has 0 bridgehead atoms. The molecule has 0 saturated heterocycles. The molecule has 4 nitrogen and oxygen atoms in total. The van der Waals surface area contributed by atoms with Crippen LogP contribution in [0.2, 0.25) is 0 Å². The summed E-state index contributed by atoms with van der Waals surface area (Å²) in [4.78, 5) is 11.9. The normalized spacial score (nSPS) is 10.5. The predicted molar refractivity (Wildman–Crippen MR) is 88.1 cm³/mol. The number of nitrogen functional groups attached to an aromatic ring is 1. The van der Waals surface area contributed by atoms with Crippen LogP contribution in [0.4, 0.5) is 17.1 Å². The van der Waals surface area contributed by atoms with Crippen LogP contribution < -0.4 is 16.4 Å². The van der Waals surface area contributed by atoms with E-state index in [1.807, 2.05) is 18.2 Å². The summed E-state index contributed by atoms with van der Waals surface area (Å²) in [6.45, 7) is 4.32. The van der Waals surface area contributed by atoms with E-state index in [0.29, 0.717) is 17.2 Å². The minimum atomic E-state index is -0.163. The number of hydrogen-bond donors (Lipinski definition) is 3. The van der Waals surface area contributed by atoms with Crippen molar-refractivity contribution in [2.24, 2.45) is 0 Å². The molecule has 0 aliphatic rings. The van der Waals surface area contributed by atoms with E-state index in [0.717, 1.165) is 11.4 Å². The third-order valence-electron chi connectivity index (χ3n) is 3.37. The van der Waals surface area contributed by atoms with E-state index < -0.39 is 0 Å². The van der Waals surface area contributed by atoms with Gasteiger partial charge in [-0.05, 0) is 41.8 Å². The lowest BCUT2D eigenvalue weighted by Crippen LogP contribution is -2.19. The molecule has 2 aromatic rings. The first-order chi connectivity index (χ1) is 10.0. The van der Waals surface area contributed by atoms with Crippen molar-refractivity contribution in [1.82, 2.24) is 5.32 Å². The van der Waals surface area contributed by atoms with Gasteiger partial charge in [0.1, 0.15) is 0 Å². The first-order valence-electron chi connectivity index (χ1n) is 7.00. The number of nitrogens with two attached hydrogens (primary N) is 1. The molecule has 2 rings (SSSR count). The molecule has 0 saturated carbocycles. The Morgan fingerprint density at radius 3 is 2.33 bits per heavy atom. The molecular formula is C17H21N3O. The van der Waals surface area contributed by atoms with Crippen LogP contribution >= 0.6 is 0 Å². The van der Waals surface area contributed by atoms with Gasteiger partial charge in [-0.3, -0.25) is 4.79 Å². The van der Waals surface area contributed by atoms with Crippen LogP contribution in [0.5, 0.6) is 0 Å². The average Bonchev–Trinajstić information content (AvgIpc) is 2.48. The first kappa shape index (κ1) is 14.9. The van der Waals surface area contributed by atoms with Gasteiger partial charge in [0.2, 0.25) is 0 Å². The topological polar surface area (TPSA) is 67.2 Å². The van der Waals surface area contributed by atoms with E-state index in [9.17, 15) is 4.79 Å². The van der Waals surface area contributed by atoms with E-state index in [2.05, 4.69) is 36.6 Å². The minimum absolute atomic E-state index is 0.163. The molecule has 1 amide bonds. The van der Waals surface area contributed by atoms with Gasteiger partial charge in [-0.15, -0.1) is 0 Å². The Hall–Kier alpha value is -2.49. The summed E-state index contributed by atoms with van der Waals surface area (Å²) in [5.41, 5.74) is 9.81. The maximum absolute atomic E-state index is 11.9. The highest BCUT2D eigenvalue weighted by Gasteiger charge is 2.10. The van der Waals surface area contributed by atoms with Gasteiger partial charge >= 0.3 is 0 Å². The van der Waals surface area contributed by atoms with E-state index in [-0.39, 0.29) is 5.91 Å². The molecule has 0 aliphatic heterocycles. The molecule has 0 heterocycles. The van der Waals surface area contributed by atoms with Crippen molar-refractivity contribution in [2.45, 2.75) is 19.8 Å². The van der Waals surface area contributed by atoms with Gasteiger partial charge in [0.05, 0.1) is 11.3 Å². The zero-order valence-electron chi connectivity index (χ0n) is 12.6. The highest BCUT2D eigenvalue weighted by atomic mass is 16.1. The summed E-state index contributed by atoms with van der Waals surface area (Å²) in [6, 6.07) is 13.5. The third kappa shape index (κ3) is 3.54. The SMILES string of the molecule is CNC(=O)c1cc(N)ccc1Nc1ccc(C(C)C)cc1. The largest absolute Gasteiger partial charge is 0.399 e. The van der Waals surface area contributed by atoms with E-state index in [4.69, 9.17) is 5.73 Å². The quantitative estimate of drug-likeness (QED) is 0.752. The van der Waals surface area contributed by atoms with Crippen LogP contribution in [0, 0.1) is 0 Å². The second-order valence-corrected chi connectivity index (χ2v) is 5.29. The molecule has 0 atom stereocenters. The maximum atomic E-state index is 11.9. The number of carbonyl (C=O) groups is 1. The Kier molecular flexibility index (Phi) is 4.48. The van der Waals surface area contributed by atoms with Crippen molar-refractivity contribution in [3.05, 3.63) is 53.6 Å². The highest BCUT2D eigenvalue weighted by Crippen LogP contribution is 2.24. The second-order valence-electron chi connectivity index (χ2n) is 5.29. The molecule has 21 heavy (non-hydrogen) atoms. The van der Waals surface area contributed by atoms with E-state index in [1.54, 1.807) is 19.2 Å². The molecular weight excluding hydrogens is 262 g/mol. The summed E-state index contributed by atoms with van der Waals surface area (Å²) < 4.78 is 0. The summed E-state index contributed by atoms with van der Waals surface area (Å²) in [7, 11) is 1.60. The average molecular weight is 283 g/mol. The van der Waals surface area contributed by atoms with Crippen LogP contribution in [0.25, 0.3) is 0 Å². The van der Waals surface area contributed by atoms with Gasteiger partial charge in [0.15, 0.2) is 0 Å². The fraction of sp³-hybridized carbons (Fsp3) is 0.235. The number of carbonyl (C=O) groups excluding carboxylic acids is 1. The van der Waals surface area contributed by atoms with Crippen LogP contribution in [-0.2, 0) is 0 Å². The molecule has 0 unspecified atom stereocenters. The Morgan fingerprint density at radius 2 is 1.76 bits per heavy atom. The molecule has 2 aromatic carbocycles. The van der Waals surface area contributed by atoms with Crippen LogP contribution in [0.15, 0.2) is 42.5 Å². The molecule has 110 valence electrons. The summed E-state index contributed by atoms with van der Waals surface area (Å²) in [5, 5.41) is 5.89. The van der Waals surface area contributed by atoms with Crippen molar-refractivity contribution in [3.63, 3.8) is 0 Å². The summed E-state index contributed by atoms with van der Waals surface area (Å²) in [6.07, 6.45) is 0. The second kappa shape index (κ2) is 6.31. The fourth-order valence-corrected chi connectivity index (χ4v) is 2.10. The number of hydrogen-bond acceptors (Lipinski definition) is 3. The van der Waals surface area contributed by atoms with Crippen LogP contribution in [-0.4, -0.2) is 13.0 Å². The minimum Gasteiger partial charge on any atom is -0.399 e. The van der Waals surface area contributed by atoms with Crippen molar-refractivity contribution >= 4 is 23.0 Å².